The van der Waals surface area contributed by atoms with Crippen LogP contribution in [0.2, 0.25) is 0 Å². The largest absolute Gasteiger partial charge is 0.480 e. The predicted molar refractivity (Wildman–Crippen MR) is 106 cm³/mol. The fourth-order valence-corrected chi connectivity index (χ4v) is 4.13. The van der Waals surface area contributed by atoms with Crippen LogP contribution in [0.5, 0.6) is 0 Å². The molecule has 0 unspecified atom stereocenters. The number of hydrogen-bond acceptors (Lipinski definition) is 4. The highest BCUT2D eigenvalue weighted by atomic mass is 32.1. The lowest BCUT2D eigenvalue weighted by atomic mass is 10.1. The molecule has 0 bridgehead atoms. The van der Waals surface area contributed by atoms with Crippen molar-refractivity contribution in [2.24, 2.45) is 7.05 Å². The summed E-state index contributed by atoms with van der Waals surface area (Å²) in [5.74, 6) is -1.01. The van der Waals surface area contributed by atoms with Gasteiger partial charge in [0.15, 0.2) is 0 Å². The predicted octanol–water partition coefficient (Wildman–Crippen LogP) is 3.53. The number of rotatable bonds is 7. The number of nitrogens with zero attached hydrogens (tertiary/aromatic N) is 3. The van der Waals surface area contributed by atoms with Gasteiger partial charge in [-0.05, 0) is 24.0 Å². The van der Waals surface area contributed by atoms with Crippen LogP contribution in [0, 0.1) is 0 Å². The molecule has 3 aromatic rings. The molecule has 1 N–H and O–H groups in total. The summed E-state index contributed by atoms with van der Waals surface area (Å²) < 4.78 is 1.79. The van der Waals surface area contributed by atoms with E-state index in [0.29, 0.717) is 17.8 Å². The highest BCUT2D eigenvalue weighted by Gasteiger charge is 2.23. The van der Waals surface area contributed by atoms with Crippen LogP contribution in [0.15, 0.2) is 36.4 Å². The Morgan fingerprint density at radius 2 is 1.96 bits per heavy atom. The molecule has 0 saturated heterocycles. The molecule has 2 heterocycles. The Balaban J connectivity index is 1.85. The van der Waals surface area contributed by atoms with E-state index in [4.69, 9.17) is 0 Å². The molecule has 0 aliphatic heterocycles. The summed E-state index contributed by atoms with van der Waals surface area (Å²) in [6.45, 7) is 4.18. The van der Waals surface area contributed by atoms with Crippen LogP contribution in [0.1, 0.15) is 40.7 Å². The van der Waals surface area contributed by atoms with E-state index in [0.717, 1.165) is 21.5 Å². The van der Waals surface area contributed by atoms with E-state index in [9.17, 15) is 14.7 Å². The van der Waals surface area contributed by atoms with Crippen LogP contribution < -0.4 is 0 Å². The van der Waals surface area contributed by atoms with E-state index in [1.807, 2.05) is 43.4 Å². The quantitative estimate of drug-likeness (QED) is 0.675. The highest BCUT2D eigenvalue weighted by molar-refractivity contribution is 7.20. The van der Waals surface area contributed by atoms with Gasteiger partial charge in [-0.1, -0.05) is 44.2 Å². The van der Waals surface area contributed by atoms with E-state index in [1.54, 1.807) is 4.68 Å². The average Bonchev–Trinajstić information content (AvgIpc) is 3.19. The van der Waals surface area contributed by atoms with Crippen molar-refractivity contribution in [1.82, 2.24) is 14.7 Å². The first-order chi connectivity index (χ1) is 12.9. The van der Waals surface area contributed by atoms with Crippen molar-refractivity contribution in [2.75, 3.05) is 13.1 Å². The molecule has 0 fully saturated rings. The van der Waals surface area contributed by atoms with Crippen LogP contribution in [0.4, 0.5) is 0 Å². The van der Waals surface area contributed by atoms with Gasteiger partial charge in [-0.2, -0.15) is 5.10 Å². The van der Waals surface area contributed by atoms with Crippen LogP contribution >= 0.6 is 11.3 Å². The fourth-order valence-electron chi connectivity index (χ4n) is 3.08. The Kier molecular flexibility index (Phi) is 5.60. The Hall–Kier alpha value is -2.67. The molecule has 6 nitrogen and oxygen atoms in total. The minimum absolute atomic E-state index is 0.246. The van der Waals surface area contributed by atoms with Gasteiger partial charge in [0.25, 0.3) is 5.91 Å². The van der Waals surface area contributed by atoms with Crippen LogP contribution in [0.3, 0.4) is 0 Å². The van der Waals surface area contributed by atoms with Gasteiger partial charge in [0.2, 0.25) is 0 Å². The van der Waals surface area contributed by atoms with Crippen molar-refractivity contribution in [1.29, 1.82) is 0 Å². The van der Waals surface area contributed by atoms with E-state index in [2.05, 4.69) is 18.9 Å². The van der Waals surface area contributed by atoms with Gasteiger partial charge in [-0.3, -0.25) is 14.3 Å². The molecule has 3 rings (SSSR count). The Morgan fingerprint density at radius 1 is 1.26 bits per heavy atom. The second-order valence-corrected chi connectivity index (χ2v) is 7.88. The van der Waals surface area contributed by atoms with Crippen LogP contribution in [0.25, 0.3) is 10.2 Å². The summed E-state index contributed by atoms with van der Waals surface area (Å²) in [5, 5.41) is 14.7. The lowest BCUT2D eigenvalue weighted by Gasteiger charge is -2.20. The monoisotopic (exact) mass is 385 g/mol. The molecule has 0 aliphatic rings. The van der Waals surface area contributed by atoms with Crippen molar-refractivity contribution in [3.05, 3.63) is 52.5 Å². The number of aliphatic carboxylic acids is 1. The second kappa shape index (κ2) is 7.92. The number of thiophene rings is 1. The number of aryl methyl sites for hydroxylation is 1. The van der Waals surface area contributed by atoms with E-state index in [1.165, 1.54) is 16.2 Å². The van der Waals surface area contributed by atoms with Gasteiger partial charge < -0.3 is 10.0 Å². The number of aromatic nitrogens is 2. The number of hydrogen-bond donors (Lipinski definition) is 1. The maximum Gasteiger partial charge on any atom is 0.323 e. The maximum atomic E-state index is 13.0. The normalized spacial score (nSPS) is 11.3. The van der Waals surface area contributed by atoms with Gasteiger partial charge in [-0.25, -0.2) is 0 Å². The first-order valence-corrected chi connectivity index (χ1v) is 9.70. The number of carboxylic acids is 1. The molecule has 7 heteroatoms. The minimum atomic E-state index is -1.01. The number of fused-ring (bicyclic) bond motifs is 1. The summed E-state index contributed by atoms with van der Waals surface area (Å²) in [6, 6.07) is 11.6. The van der Waals surface area contributed by atoms with Crippen LogP contribution in [-0.2, 0) is 18.3 Å². The number of benzene rings is 1. The minimum Gasteiger partial charge on any atom is -0.480 e. The molecular formula is C20H23N3O3S. The summed E-state index contributed by atoms with van der Waals surface area (Å²) in [4.78, 5) is 27.2. The SMILES string of the molecule is CC(C)c1nn(C)c2sc(C(=O)N(CCc3ccccc3)CC(=O)O)cc12. The molecule has 0 aliphatic carbocycles. The Bertz CT molecular complexity index is 960. The number of amides is 1. The smallest absolute Gasteiger partial charge is 0.323 e. The molecule has 2 aromatic heterocycles. The maximum absolute atomic E-state index is 13.0. The molecule has 1 amide bonds. The summed E-state index contributed by atoms with van der Waals surface area (Å²) in [5.41, 5.74) is 2.03. The lowest BCUT2D eigenvalue weighted by Crippen LogP contribution is -2.36. The molecule has 0 radical (unpaired) electrons. The Labute approximate surface area is 162 Å². The van der Waals surface area contributed by atoms with Crippen molar-refractivity contribution in [2.45, 2.75) is 26.2 Å². The van der Waals surface area contributed by atoms with Crippen molar-refractivity contribution in [3.8, 4) is 0 Å². The second-order valence-electron chi connectivity index (χ2n) is 6.85. The molecule has 0 saturated carbocycles. The van der Waals surface area contributed by atoms with Crippen molar-refractivity contribution < 1.29 is 14.7 Å². The van der Waals surface area contributed by atoms with E-state index < -0.39 is 5.97 Å². The van der Waals surface area contributed by atoms with Gasteiger partial charge in [0.1, 0.15) is 11.4 Å². The fraction of sp³-hybridized carbons (Fsp3) is 0.350. The summed E-state index contributed by atoms with van der Waals surface area (Å²) >= 11 is 1.36. The van der Waals surface area contributed by atoms with Gasteiger partial charge in [0.05, 0.1) is 10.6 Å². The van der Waals surface area contributed by atoms with Crippen molar-refractivity contribution in [3.63, 3.8) is 0 Å². The zero-order valence-corrected chi connectivity index (χ0v) is 16.5. The molecule has 0 atom stereocenters. The third kappa shape index (κ3) is 4.19. The summed E-state index contributed by atoms with van der Waals surface area (Å²) in [7, 11) is 1.86. The standard InChI is InChI=1S/C20H23N3O3S/c1-13(2)18-15-11-16(27-20(15)22(3)21-18)19(26)23(12-17(24)25)10-9-14-7-5-4-6-8-14/h4-8,11,13H,9-10,12H2,1-3H3,(H,24,25). The third-order valence-corrected chi connectivity index (χ3v) is 5.61. The molecule has 1 aromatic carbocycles. The first-order valence-electron chi connectivity index (χ1n) is 8.88. The third-order valence-electron chi connectivity index (χ3n) is 4.42. The molecular weight excluding hydrogens is 362 g/mol. The molecule has 27 heavy (non-hydrogen) atoms. The van der Waals surface area contributed by atoms with E-state index >= 15 is 0 Å². The van der Waals surface area contributed by atoms with Gasteiger partial charge in [0, 0.05) is 19.0 Å². The summed E-state index contributed by atoms with van der Waals surface area (Å²) in [6.07, 6.45) is 0.615. The molecule has 142 valence electrons. The molecule has 0 spiro atoms. The van der Waals surface area contributed by atoms with Crippen LogP contribution in [-0.4, -0.2) is 44.8 Å². The highest BCUT2D eigenvalue weighted by Crippen LogP contribution is 2.32. The zero-order chi connectivity index (χ0) is 19.6. The topological polar surface area (TPSA) is 75.4 Å². The first kappa shape index (κ1) is 19.1. The van der Waals surface area contributed by atoms with Crippen molar-refractivity contribution >= 4 is 33.4 Å². The number of carboxylic acid groups (broad SMARTS) is 1. The van der Waals surface area contributed by atoms with E-state index in [-0.39, 0.29) is 18.4 Å². The van der Waals surface area contributed by atoms with Gasteiger partial charge >= 0.3 is 5.97 Å². The lowest BCUT2D eigenvalue weighted by molar-refractivity contribution is -0.137. The number of carbonyl (C=O) groups excluding carboxylic acids is 1. The average molecular weight is 385 g/mol. The number of carbonyl (C=O) groups is 2. The zero-order valence-electron chi connectivity index (χ0n) is 15.7. The van der Waals surface area contributed by atoms with Gasteiger partial charge in [-0.15, -0.1) is 11.3 Å². The Morgan fingerprint density at radius 3 is 2.59 bits per heavy atom.